The van der Waals surface area contributed by atoms with E-state index in [2.05, 4.69) is 17.1 Å². The maximum Gasteiger partial charge on any atom is 0.297 e. The van der Waals surface area contributed by atoms with E-state index in [-0.39, 0.29) is 16.8 Å². The zero-order valence-corrected chi connectivity index (χ0v) is 18.7. The van der Waals surface area contributed by atoms with Crippen LogP contribution in [0.15, 0.2) is 57.2 Å². The normalized spacial score (nSPS) is 15.4. The van der Waals surface area contributed by atoms with Crippen molar-refractivity contribution in [2.45, 2.75) is 25.8 Å². The van der Waals surface area contributed by atoms with Gasteiger partial charge in [0.05, 0.1) is 23.6 Å². The number of fused-ring (bicyclic) bond motifs is 2. The van der Waals surface area contributed by atoms with Gasteiger partial charge in [-0.25, -0.2) is 0 Å². The van der Waals surface area contributed by atoms with Crippen LogP contribution in [-0.2, 0) is 0 Å². The van der Waals surface area contributed by atoms with Crippen molar-refractivity contribution in [1.82, 2.24) is 10.2 Å². The quantitative estimate of drug-likeness (QED) is 0.361. The second-order valence-corrected chi connectivity index (χ2v) is 8.64. The van der Waals surface area contributed by atoms with E-state index in [0.717, 1.165) is 18.4 Å². The molecule has 1 amide bonds. The van der Waals surface area contributed by atoms with Gasteiger partial charge in [-0.15, -0.1) is 10.2 Å². The second-order valence-electron chi connectivity index (χ2n) is 7.39. The van der Waals surface area contributed by atoms with E-state index < -0.39 is 11.9 Å². The number of rotatable bonds is 6. The van der Waals surface area contributed by atoms with Gasteiger partial charge < -0.3 is 9.15 Å². The van der Waals surface area contributed by atoms with Gasteiger partial charge in [0.2, 0.25) is 10.9 Å². The zero-order valence-electron chi connectivity index (χ0n) is 17.1. The summed E-state index contributed by atoms with van der Waals surface area (Å²) in [5.41, 5.74) is 2.52. The number of unbranched alkanes of at least 4 members (excludes halogenated alkanes) is 1. The Labute approximate surface area is 192 Å². The van der Waals surface area contributed by atoms with Crippen LogP contribution in [0.2, 0.25) is 5.02 Å². The Hall–Kier alpha value is -3.23. The highest BCUT2D eigenvalue weighted by Crippen LogP contribution is 2.42. The molecule has 1 atom stereocenters. The highest BCUT2D eigenvalue weighted by atomic mass is 35.5. The Morgan fingerprint density at radius 1 is 1.22 bits per heavy atom. The Morgan fingerprint density at radius 3 is 2.88 bits per heavy atom. The number of ether oxygens (including phenoxy) is 1. The maximum atomic E-state index is 13.6. The Morgan fingerprint density at radius 2 is 2.09 bits per heavy atom. The lowest BCUT2D eigenvalue weighted by atomic mass is 9.98. The summed E-state index contributed by atoms with van der Waals surface area (Å²) in [5, 5.41) is 9.07. The Balaban J connectivity index is 1.71. The molecule has 1 unspecified atom stereocenters. The average Bonchev–Trinajstić information content (AvgIpc) is 3.41. The first-order valence-electron chi connectivity index (χ1n) is 10.2. The minimum atomic E-state index is -0.722. The van der Waals surface area contributed by atoms with Gasteiger partial charge in [0, 0.05) is 5.02 Å². The number of benzene rings is 2. The van der Waals surface area contributed by atoms with Gasteiger partial charge in [0.1, 0.15) is 16.8 Å². The molecule has 0 radical (unpaired) electrons. The van der Waals surface area contributed by atoms with Crippen molar-refractivity contribution in [3.63, 3.8) is 0 Å². The third kappa shape index (κ3) is 3.45. The highest BCUT2D eigenvalue weighted by Gasteiger charge is 2.45. The molecule has 0 aliphatic carbocycles. The van der Waals surface area contributed by atoms with Gasteiger partial charge in [-0.05, 0) is 42.3 Å². The lowest BCUT2D eigenvalue weighted by Crippen LogP contribution is -2.29. The van der Waals surface area contributed by atoms with Crippen molar-refractivity contribution in [1.29, 1.82) is 0 Å². The summed E-state index contributed by atoms with van der Waals surface area (Å²) in [7, 11) is 0. The fourth-order valence-corrected chi connectivity index (χ4v) is 4.60. The van der Waals surface area contributed by atoms with Gasteiger partial charge in [0.15, 0.2) is 5.43 Å². The molecule has 5 rings (SSSR count). The summed E-state index contributed by atoms with van der Waals surface area (Å²) in [6.45, 7) is 2.68. The fraction of sp³-hybridized carbons (Fsp3) is 0.217. The lowest BCUT2D eigenvalue weighted by Gasteiger charge is -2.22. The molecule has 0 saturated carbocycles. The Kier molecular flexibility index (Phi) is 5.40. The summed E-state index contributed by atoms with van der Waals surface area (Å²) in [6.07, 6.45) is 1.95. The molecule has 1 aliphatic heterocycles. The van der Waals surface area contributed by atoms with Crippen LogP contribution < -0.4 is 15.1 Å². The SMILES string of the molecule is CCCCOc1cccc(C2c3c(oc4ccc(Cl)cc4c3=O)C(=O)N2c2nncs2)c1. The number of carbonyl (C=O) groups excluding carboxylic acids is 1. The van der Waals surface area contributed by atoms with E-state index in [1.165, 1.54) is 16.2 Å². The van der Waals surface area contributed by atoms with E-state index >= 15 is 0 Å². The summed E-state index contributed by atoms with van der Waals surface area (Å²) >= 11 is 7.34. The minimum absolute atomic E-state index is 0.00215. The van der Waals surface area contributed by atoms with Crippen molar-refractivity contribution in [3.8, 4) is 5.75 Å². The van der Waals surface area contributed by atoms with Crippen LogP contribution in [-0.4, -0.2) is 22.7 Å². The molecule has 162 valence electrons. The summed E-state index contributed by atoms with van der Waals surface area (Å²) in [5.74, 6) is 0.234. The first-order chi connectivity index (χ1) is 15.6. The fourth-order valence-electron chi connectivity index (χ4n) is 3.84. The molecule has 0 saturated heterocycles. The monoisotopic (exact) mass is 467 g/mol. The smallest absolute Gasteiger partial charge is 0.297 e. The second kappa shape index (κ2) is 8.37. The molecule has 2 aromatic carbocycles. The van der Waals surface area contributed by atoms with Crippen LogP contribution in [0.3, 0.4) is 0 Å². The van der Waals surface area contributed by atoms with Gasteiger partial charge in [-0.1, -0.05) is 48.4 Å². The standard InChI is InChI=1S/C23H18ClN3O4S/c1-2-3-9-30-15-6-4-5-13(10-15)19-18-20(28)16-11-14(24)7-8-17(16)31-21(18)22(29)27(19)23-26-25-12-32-23/h4-8,10-12,19H,2-3,9H2,1H3. The maximum absolute atomic E-state index is 13.6. The van der Waals surface area contributed by atoms with Crippen LogP contribution >= 0.6 is 22.9 Å². The van der Waals surface area contributed by atoms with Crippen LogP contribution in [0, 0.1) is 0 Å². The summed E-state index contributed by atoms with van der Waals surface area (Å²) < 4.78 is 11.8. The number of halogens is 1. The average molecular weight is 468 g/mol. The van der Waals surface area contributed by atoms with Gasteiger partial charge in [-0.2, -0.15) is 0 Å². The lowest BCUT2D eigenvalue weighted by molar-refractivity contribution is 0.0970. The molecular weight excluding hydrogens is 450 g/mol. The van der Waals surface area contributed by atoms with Crippen LogP contribution in [0.5, 0.6) is 5.75 Å². The van der Waals surface area contributed by atoms with Crippen LogP contribution in [0.4, 0.5) is 5.13 Å². The number of carbonyl (C=O) groups is 1. The van der Waals surface area contributed by atoms with Crippen LogP contribution in [0.25, 0.3) is 11.0 Å². The number of hydrogen-bond donors (Lipinski definition) is 0. The van der Waals surface area contributed by atoms with E-state index in [1.54, 1.807) is 23.7 Å². The van der Waals surface area contributed by atoms with E-state index in [0.29, 0.717) is 33.5 Å². The molecule has 0 spiro atoms. The molecule has 0 bridgehead atoms. The molecule has 7 nitrogen and oxygen atoms in total. The number of hydrogen-bond acceptors (Lipinski definition) is 7. The molecule has 0 fully saturated rings. The first-order valence-corrected chi connectivity index (χ1v) is 11.4. The minimum Gasteiger partial charge on any atom is -0.494 e. The van der Waals surface area contributed by atoms with E-state index in [1.807, 2.05) is 24.3 Å². The third-order valence-corrected chi connectivity index (χ3v) is 6.25. The molecule has 32 heavy (non-hydrogen) atoms. The molecule has 4 aromatic rings. The molecule has 1 aliphatic rings. The predicted molar refractivity (Wildman–Crippen MR) is 123 cm³/mol. The third-order valence-electron chi connectivity index (χ3n) is 5.33. The molecule has 9 heteroatoms. The number of anilines is 1. The van der Waals surface area contributed by atoms with E-state index in [9.17, 15) is 9.59 Å². The van der Waals surface area contributed by atoms with Crippen molar-refractivity contribution < 1.29 is 13.9 Å². The topological polar surface area (TPSA) is 85.5 Å². The predicted octanol–water partition coefficient (Wildman–Crippen LogP) is 5.23. The molecular formula is C23H18ClN3O4S. The highest BCUT2D eigenvalue weighted by molar-refractivity contribution is 7.13. The summed E-state index contributed by atoms with van der Waals surface area (Å²) in [6, 6.07) is 11.5. The number of aromatic nitrogens is 2. The van der Waals surface area contributed by atoms with E-state index in [4.69, 9.17) is 20.8 Å². The van der Waals surface area contributed by atoms with Gasteiger partial charge in [-0.3, -0.25) is 14.5 Å². The number of amides is 1. The zero-order chi connectivity index (χ0) is 22.2. The number of nitrogens with zero attached hydrogens (tertiary/aromatic N) is 3. The van der Waals surface area contributed by atoms with Gasteiger partial charge in [0.25, 0.3) is 5.91 Å². The largest absolute Gasteiger partial charge is 0.494 e. The molecule has 0 N–H and O–H groups in total. The molecule has 2 aromatic heterocycles. The first kappa shape index (κ1) is 20.7. The Bertz CT molecular complexity index is 1370. The molecule has 3 heterocycles. The van der Waals surface area contributed by atoms with Crippen LogP contribution in [0.1, 0.15) is 47.5 Å². The van der Waals surface area contributed by atoms with Crippen molar-refractivity contribution in [2.75, 3.05) is 11.5 Å². The van der Waals surface area contributed by atoms with Gasteiger partial charge >= 0.3 is 0 Å². The van der Waals surface area contributed by atoms with Crippen molar-refractivity contribution >= 4 is 44.9 Å². The van der Waals surface area contributed by atoms with Crippen molar-refractivity contribution in [3.05, 3.63) is 80.1 Å². The summed E-state index contributed by atoms with van der Waals surface area (Å²) in [4.78, 5) is 28.4. The van der Waals surface area contributed by atoms with Crippen molar-refractivity contribution in [2.24, 2.45) is 0 Å².